The lowest BCUT2D eigenvalue weighted by Crippen LogP contribution is -2.50. The first-order valence-corrected chi connectivity index (χ1v) is 14.5. The van der Waals surface area contributed by atoms with E-state index in [0.29, 0.717) is 11.4 Å². The normalized spacial score (nSPS) is 18.6. The Hall–Kier alpha value is -3.67. The van der Waals surface area contributed by atoms with E-state index in [1.165, 1.54) is 17.4 Å². The minimum atomic E-state index is -3.45. The zero-order valence-electron chi connectivity index (χ0n) is 22.4. The van der Waals surface area contributed by atoms with Gasteiger partial charge in [0.1, 0.15) is 11.9 Å². The maximum absolute atomic E-state index is 13.6. The summed E-state index contributed by atoms with van der Waals surface area (Å²) in [4.78, 5) is 28.0. The van der Waals surface area contributed by atoms with E-state index in [0.717, 1.165) is 17.0 Å². The van der Waals surface area contributed by atoms with E-state index in [9.17, 15) is 23.1 Å². The first kappa shape index (κ1) is 28.3. The number of benzene rings is 3. The number of carbonyl (C=O) groups is 2. The van der Waals surface area contributed by atoms with Gasteiger partial charge in [0.15, 0.2) is 0 Å². The predicted octanol–water partition coefficient (Wildman–Crippen LogP) is 3.60. The van der Waals surface area contributed by atoms with Crippen LogP contribution in [0.5, 0.6) is 5.75 Å². The fraction of sp³-hybridized carbons (Fsp3) is 0.357. The number of hydrogen-bond donors (Lipinski definition) is 3. The molecule has 3 amide bonds. The molecule has 1 aliphatic heterocycles. The molecule has 4 rings (SSSR count). The number of aliphatic hydroxyl groups excluding tert-OH is 1. The molecule has 0 unspecified atom stereocenters. The Balaban J connectivity index is 1.62. The zero-order chi connectivity index (χ0) is 28.3. The van der Waals surface area contributed by atoms with Gasteiger partial charge in [0.25, 0.3) is 5.91 Å². The summed E-state index contributed by atoms with van der Waals surface area (Å²) in [5.74, 6) is -0.315. The van der Waals surface area contributed by atoms with Gasteiger partial charge in [0, 0.05) is 30.6 Å². The molecule has 1 aliphatic rings. The number of rotatable bonds is 7. The van der Waals surface area contributed by atoms with Gasteiger partial charge in [-0.1, -0.05) is 43.3 Å². The monoisotopic (exact) mass is 554 g/mol. The maximum Gasteiger partial charge on any atom is 0.323 e. The highest BCUT2D eigenvalue weighted by Gasteiger charge is 2.34. The van der Waals surface area contributed by atoms with Crippen LogP contribution in [0.25, 0.3) is 10.8 Å². The second kappa shape index (κ2) is 11.6. The van der Waals surface area contributed by atoms with E-state index in [4.69, 9.17) is 4.74 Å². The summed E-state index contributed by atoms with van der Waals surface area (Å²) in [5, 5.41) is 17.4. The number of urea groups is 1. The second-order valence-corrected chi connectivity index (χ2v) is 12.1. The van der Waals surface area contributed by atoms with Gasteiger partial charge in [-0.3, -0.25) is 4.79 Å². The number of fused-ring (bicyclic) bond motifs is 2. The van der Waals surface area contributed by atoms with E-state index >= 15 is 0 Å². The molecule has 3 aromatic rings. The molecule has 39 heavy (non-hydrogen) atoms. The molecule has 3 aromatic carbocycles. The summed E-state index contributed by atoms with van der Waals surface area (Å²) in [6.07, 6.45) is 0.567. The molecule has 0 saturated heterocycles. The van der Waals surface area contributed by atoms with Crippen LogP contribution < -0.4 is 15.4 Å². The van der Waals surface area contributed by atoms with E-state index < -0.39 is 28.2 Å². The van der Waals surface area contributed by atoms with Crippen molar-refractivity contribution in [1.82, 2.24) is 9.21 Å². The van der Waals surface area contributed by atoms with Crippen LogP contribution in [0, 0.1) is 5.92 Å². The average molecular weight is 555 g/mol. The maximum atomic E-state index is 13.6. The van der Waals surface area contributed by atoms with Gasteiger partial charge in [-0.2, -0.15) is 0 Å². The molecule has 0 fully saturated rings. The lowest BCUT2D eigenvalue weighted by molar-refractivity contribution is 0.0387. The Morgan fingerprint density at radius 1 is 1.15 bits per heavy atom. The number of carbonyl (C=O) groups excluding carboxylic acids is 2. The number of nitrogens with zero attached hydrogens (tertiary/aromatic N) is 2. The first-order valence-electron chi connectivity index (χ1n) is 12.7. The first-order chi connectivity index (χ1) is 18.5. The summed E-state index contributed by atoms with van der Waals surface area (Å²) in [5.41, 5.74) is 1.22. The highest BCUT2D eigenvalue weighted by atomic mass is 32.2. The van der Waals surface area contributed by atoms with Crippen LogP contribution in [-0.2, 0) is 10.0 Å². The summed E-state index contributed by atoms with van der Waals surface area (Å²) < 4.78 is 31.5. The van der Waals surface area contributed by atoms with Crippen LogP contribution in [0.2, 0.25) is 0 Å². The third-order valence-electron chi connectivity index (χ3n) is 6.96. The number of likely N-dealkylation sites (N-methyl/N-ethyl adjacent to an activating group) is 1. The van der Waals surface area contributed by atoms with Crippen molar-refractivity contribution in [3.63, 3.8) is 0 Å². The van der Waals surface area contributed by atoms with Crippen molar-refractivity contribution in [2.24, 2.45) is 5.92 Å². The molecule has 0 aromatic heterocycles. The SMILES string of the molecule is C[C@H]1CN([C@@H](C)CO)C(=O)c2cc(NC(=O)Nc3cccc4ccccc34)ccc2O[C@H]1CN(C)S(C)(=O)=O. The number of hydrogen-bond acceptors (Lipinski definition) is 6. The van der Waals surface area contributed by atoms with Crippen LogP contribution in [0.4, 0.5) is 16.2 Å². The number of ether oxygens (including phenoxy) is 1. The molecule has 3 N–H and O–H groups in total. The minimum absolute atomic E-state index is 0.0857. The molecule has 0 spiro atoms. The van der Waals surface area contributed by atoms with Gasteiger partial charge in [-0.25, -0.2) is 17.5 Å². The predicted molar refractivity (Wildman–Crippen MR) is 152 cm³/mol. The fourth-order valence-corrected chi connectivity index (χ4v) is 4.94. The van der Waals surface area contributed by atoms with E-state index in [1.807, 2.05) is 49.4 Å². The van der Waals surface area contributed by atoms with E-state index in [-0.39, 0.29) is 42.8 Å². The van der Waals surface area contributed by atoms with Crippen molar-refractivity contribution >= 4 is 44.1 Å². The van der Waals surface area contributed by atoms with Crippen molar-refractivity contribution in [1.29, 1.82) is 0 Å². The topological polar surface area (TPSA) is 128 Å². The van der Waals surface area contributed by atoms with Gasteiger partial charge in [-0.05, 0) is 36.6 Å². The third-order valence-corrected chi connectivity index (χ3v) is 8.25. The van der Waals surface area contributed by atoms with Crippen molar-refractivity contribution in [2.75, 3.05) is 43.6 Å². The Kier molecular flexibility index (Phi) is 8.43. The molecular formula is C28H34N4O6S. The molecule has 208 valence electrons. The van der Waals surface area contributed by atoms with Crippen molar-refractivity contribution in [3.05, 3.63) is 66.2 Å². The zero-order valence-corrected chi connectivity index (χ0v) is 23.2. The minimum Gasteiger partial charge on any atom is -0.488 e. The summed E-state index contributed by atoms with van der Waals surface area (Å²) in [6, 6.07) is 17.1. The molecule has 1 heterocycles. The largest absolute Gasteiger partial charge is 0.488 e. The lowest BCUT2D eigenvalue weighted by atomic mass is 9.99. The fourth-order valence-electron chi connectivity index (χ4n) is 4.53. The Labute approximate surface area is 228 Å². The molecule has 10 nitrogen and oxygen atoms in total. The summed E-state index contributed by atoms with van der Waals surface area (Å²) in [6.45, 7) is 3.71. The second-order valence-electron chi connectivity index (χ2n) is 9.98. The number of nitrogens with one attached hydrogen (secondary N) is 2. The van der Waals surface area contributed by atoms with Crippen LogP contribution >= 0.6 is 0 Å². The number of sulfonamides is 1. The lowest BCUT2D eigenvalue weighted by Gasteiger charge is -2.38. The van der Waals surface area contributed by atoms with Gasteiger partial charge < -0.3 is 25.4 Å². The molecule has 0 bridgehead atoms. The molecule has 3 atom stereocenters. The molecule has 11 heteroatoms. The van der Waals surface area contributed by atoms with Crippen LogP contribution in [-0.4, -0.2) is 79.8 Å². The molecule has 0 aliphatic carbocycles. The van der Waals surface area contributed by atoms with E-state index in [2.05, 4.69) is 10.6 Å². The summed E-state index contributed by atoms with van der Waals surface area (Å²) in [7, 11) is -1.97. The number of amides is 3. The van der Waals surface area contributed by atoms with Crippen LogP contribution in [0.3, 0.4) is 0 Å². The molecular weight excluding hydrogens is 520 g/mol. The average Bonchev–Trinajstić information content (AvgIpc) is 2.90. The molecule has 0 radical (unpaired) electrons. The highest BCUT2D eigenvalue weighted by molar-refractivity contribution is 7.88. The van der Waals surface area contributed by atoms with Gasteiger partial charge in [0.2, 0.25) is 10.0 Å². The third kappa shape index (κ3) is 6.49. The Morgan fingerprint density at radius 2 is 1.87 bits per heavy atom. The Bertz CT molecular complexity index is 1470. The van der Waals surface area contributed by atoms with E-state index in [1.54, 1.807) is 24.0 Å². The van der Waals surface area contributed by atoms with Crippen molar-refractivity contribution < 1.29 is 27.9 Å². The quantitative estimate of drug-likeness (QED) is 0.410. The number of aliphatic hydroxyl groups is 1. The van der Waals surface area contributed by atoms with Crippen molar-refractivity contribution in [3.8, 4) is 5.75 Å². The van der Waals surface area contributed by atoms with Gasteiger partial charge in [0.05, 0.1) is 36.7 Å². The van der Waals surface area contributed by atoms with Gasteiger partial charge >= 0.3 is 6.03 Å². The smallest absolute Gasteiger partial charge is 0.323 e. The standard InChI is InChI=1S/C28H34N4O6S/c1-18-15-32(19(2)17-33)27(34)23-14-21(12-13-25(23)38-26(18)16-31(3)39(4,36)37)29-28(35)30-24-11-7-9-20-8-5-6-10-22(20)24/h5-14,18-19,26,33H,15-17H2,1-4H3,(H2,29,30,35)/t18-,19-,26-/m0/s1. The highest BCUT2D eigenvalue weighted by Crippen LogP contribution is 2.31. The molecule has 0 saturated carbocycles. The van der Waals surface area contributed by atoms with Gasteiger partial charge in [-0.15, -0.1) is 0 Å². The Morgan fingerprint density at radius 3 is 2.59 bits per heavy atom. The van der Waals surface area contributed by atoms with Crippen LogP contribution in [0.1, 0.15) is 24.2 Å². The van der Waals surface area contributed by atoms with Crippen LogP contribution in [0.15, 0.2) is 60.7 Å². The summed E-state index contributed by atoms with van der Waals surface area (Å²) >= 11 is 0. The number of anilines is 2. The van der Waals surface area contributed by atoms with Crippen molar-refractivity contribution in [2.45, 2.75) is 26.0 Å².